The van der Waals surface area contributed by atoms with Gasteiger partial charge >= 0.3 is 0 Å². The van der Waals surface area contributed by atoms with Crippen LogP contribution in [0.5, 0.6) is 0 Å². The lowest BCUT2D eigenvalue weighted by atomic mass is 10.1. The zero-order chi connectivity index (χ0) is 16.4. The molecule has 0 radical (unpaired) electrons. The highest BCUT2D eigenvalue weighted by molar-refractivity contribution is 6.05. The van der Waals surface area contributed by atoms with Crippen molar-refractivity contribution in [3.8, 4) is 0 Å². The van der Waals surface area contributed by atoms with Crippen molar-refractivity contribution in [2.24, 2.45) is 0 Å². The molecule has 2 heterocycles. The maximum Gasteiger partial charge on any atom is 0.253 e. The summed E-state index contributed by atoms with van der Waals surface area (Å²) in [5, 5.41) is 4.13. The van der Waals surface area contributed by atoms with E-state index in [1.807, 2.05) is 36.5 Å². The predicted octanol–water partition coefficient (Wildman–Crippen LogP) is 3.70. The van der Waals surface area contributed by atoms with Crippen molar-refractivity contribution < 1.29 is 4.79 Å². The number of aromatic nitrogens is 1. The van der Waals surface area contributed by atoms with Crippen molar-refractivity contribution in [1.29, 1.82) is 0 Å². The fourth-order valence-electron chi connectivity index (χ4n) is 3.47. The summed E-state index contributed by atoms with van der Waals surface area (Å²) in [7, 11) is 0. The van der Waals surface area contributed by atoms with Crippen molar-refractivity contribution in [2.45, 2.75) is 19.4 Å². The summed E-state index contributed by atoms with van der Waals surface area (Å²) in [5.74, 6) is -0.0423. The molecule has 4 heteroatoms. The number of fused-ring (bicyclic) bond motifs is 1. The number of benzene rings is 2. The maximum absolute atomic E-state index is 12.6. The molecule has 1 aliphatic heterocycles. The number of rotatable bonds is 4. The fraction of sp³-hybridized carbons (Fsp3) is 0.250. The van der Waals surface area contributed by atoms with Crippen molar-refractivity contribution in [2.75, 3.05) is 18.0 Å². The van der Waals surface area contributed by atoms with E-state index in [-0.39, 0.29) is 5.91 Å². The van der Waals surface area contributed by atoms with Gasteiger partial charge in [0.2, 0.25) is 0 Å². The van der Waals surface area contributed by atoms with E-state index in [0.29, 0.717) is 12.1 Å². The molecule has 4 nitrogen and oxygen atoms in total. The molecule has 4 rings (SSSR count). The summed E-state index contributed by atoms with van der Waals surface area (Å²) in [6.45, 7) is 2.75. The van der Waals surface area contributed by atoms with E-state index in [0.717, 1.165) is 24.0 Å². The topological polar surface area (TPSA) is 48.1 Å². The van der Waals surface area contributed by atoms with Crippen LogP contribution in [0.25, 0.3) is 10.9 Å². The molecule has 0 unspecified atom stereocenters. The van der Waals surface area contributed by atoms with Crippen LogP contribution < -0.4 is 10.2 Å². The lowest BCUT2D eigenvalue weighted by Gasteiger charge is -2.21. The molecule has 0 saturated carbocycles. The summed E-state index contributed by atoms with van der Waals surface area (Å²) >= 11 is 0. The Hall–Kier alpha value is -2.75. The number of carbonyl (C=O) groups is 1. The van der Waals surface area contributed by atoms with Crippen LogP contribution in [0.4, 0.5) is 5.69 Å². The van der Waals surface area contributed by atoms with Crippen LogP contribution in [-0.4, -0.2) is 24.0 Å². The van der Waals surface area contributed by atoms with E-state index in [9.17, 15) is 4.79 Å². The largest absolute Gasteiger partial charge is 0.371 e. The number of nitrogens with zero attached hydrogens (tertiary/aromatic N) is 1. The van der Waals surface area contributed by atoms with Gasteiger partial charge in [0.1, 0.15) is 0 Å². The number of aromatic amines is 1. The number of carbonyl (C=O) groups excluding carboxylic acids is 1. The molecule has 122 valence electrons. The van der Waals surface area contributed by atoms with Crippen molar-refractivity contribution in [3.05, 3.63) is 65.9 Å². The van der Waals surface area contributed by atoms with E-state index in [1.54, 1.807) is 0 Å². The number of H-pyrrole nitrogens is 1. The minimum absolute atomic E-state index is 0.0423. The van der Waals surface area contributed by atoms with Gasteiger partial charge in [-0.1, -0.05) is 30.3 Å². The number of hydrogen-bond acceptors (Lipinski definition) is 2. The van der Waals surface area contributed by atoms with Crippen molar-refractivity contribution in [1.82, 2.24) is 10.3 Å². The van der Waals surface area contributed by atoms with E-state index >= 15 is 0 Å². The summed E-state index contributed by atoms with van der Waals surface area (Å²) in [6, 6.07) is 16.1. The van der Waals surface area contributed by atoms with E-state index in [2.05, 4.69) is 33.4 Å². The lowest BCUT2D eigenvalue weighted by Crippen LogP contribution is -2.25. The number of para-hydroxylation sites is 2. The highest BCUT2D eigenvalue weighted by atomic mass is 16.1. The Kier molecular flexibility index (Phi) is 3.95. The quantitative estimate of drug-likeness (QED) is 0.770. The monoisotopic (exact) mass is 319 g/mol. The van der Waals surface area contributed by atoms with Crippen LogP contribution in [0.1, 0.15) is 28.8 Å². The first-order valence-corrected chi connectivity index (χ1v) is 8.50. The van der Waals surface area contributed by atoms with E-state index < -0.39 is 0 Å². The van der Waals surface area contributed by atoms with Crippen LogP contribution in [-0.2, 0) is 6.54 Å². The molecule has 2 aromatic carbocycles. The number of hydrogen-bond donors (Lipinski definition) is 2. The molecule has 1 amide bonds. The Morgan fingerprint density at radius 3 is 2.75 bits per heavy atom. The molecule has 0 bridgehead atoms. The maximum atomic E-state index is 12.6. The van der Waals surface area contributed by atoms with Gasteiger partial charge in [-0.15, -0.1) is 0 Å². The predicted molar refractivity (Wildman–Crippen MR) is 97.4 cm³/mol. The molecule has 1 aromatic heterocycles. The molecular formula is C20H21N3O. The Morgan fingerprint density at radius 1 is 1.04 bits per heavy atom. The second-order valence-corrected chi connectivity index (χ2v) is 6.25. The first-order valence-electron chi connectivity index (χ1n) is 8.50. The Labute approximate surface area is 141 Å². The van der Waals surface area contributed by atoms with Gasteiger partial charge in [-0.3, -0.25) is 4.79 Å². The minimum Gasteiger partial charge on any atom is -0.371 e. The van der Waals surface area contributed by atoms with Gasteiger partial charge in [0.25, 0.3) is 5.91 Å². The highest BCUT2D eigenvalue weighted by Gasteiger charge is 2.16. The zero-order valence-corrected chi connectivity index (χ0v) is 13.6. The standard InChI is InChI=1S/C20H21N3O/c24-20(17-8-5-7-15-10-11-21-19(15)17)22-14-16-6-1-2-9-18(16)23-12-3-4-13-23/h1-2,5-11,21H,3-4,12-14H2,(H,22,24). The molecule has 1 fully saturated rings. The molecular weight excluding hydrogens is 298 g/mol. The molecule has 1 aliphatic rings. The van der Waals surface area contributed by atoms with Crippen LogP contribution >= 0.6 is 0 Å². The first-order chi connectivity index (χ1) is 11.8. The molecule has 24 heavy (non-hydrogen) atoms. The van der Waals surface area contributed by atoms with Gasteiger partial charge in [-0.25, -0.2) is 0 Å². The summed E-state index contributed by atoms with van der Waals surface area (Å²) in [4.78, 5) is 18.2. The molecule has 0 aliphatic carbocycles. The van der Waals surface area contributed by atoms with Gasteiger partial charge in [0, 0.05) is 36.9 Å². The SMILES string of the molecule is O=C(NCc1ccccc1N1CCCC1)c1cccc2cc[nH]c12. The third-order valence-electron chi connectivity index (χ3n) is 4.71. The number of amides is 1. The average Bonchev–Trinajstić information content (AvgIpc) is 3.30. The highest BCUT2D eigenvalue weighted by Crippen LogP contribution is 2.24. The normalized spacial score (nSPS) is 14.2. The van der Waals surface area contributed by atoms with Crippen molar-refractivity contribution in [3.63, 3.8) is 0 Å². The Balaban J connectivity index is 1.53. The second-order valence-electron chi connectivity index (χ2n) is 6.25. The van der Waals surface area contributed by atoms with Crippen molar-refractivity contribution >= 4 is 22.5 Å². The van der Waals surface area contributed by atoms with Gasteiger partial charge < -0.3 is 15.2 Å². The van der Waals surface area contributed by atoms with Crippen LogP contribution in [0.2, 0.25) is 0 Å². The molecule has 2 N–H and O–H groups in total. The molecule has 0 atom stereocenters. The molecule has 3 aromatic rings. The average molecular weight is 319 g/mol. The van der Waals surface area contributed by atoms with Gasteiger partial charge in [0.05, 0.1) is 11.1 Å². The Bertz CT molecular complexity index is 862. The third-order valence-corrected chi connectivity index (χ3v) is 4.71. The summed E-state index contributed by atoms with van der Waals surface area (Å²) in [5.41, 5.74) is 4.00. The van der Waals surface area contributed by atoms with E-state index in [4.69, 9.17) is 0 Å². The molecule has 1 saturated heterocycles. The van der Waals surface area contributed by atoms with Crippen LogP contribution in [0, 0.1) is 0 Å². The third kappa shape index (κ3) is 2.75. The Morgan fingerprint density at radius 2 is 1.88 bits per heavy atom. The summed E-state index contributed by atoms with van der Waals surface area (Å²) < 4.78 is 0. The number of nitrogens with one attached hydrogen (secondary N) is 2. The molecule has 0 spiro atoms. The van der Waals surface area contributed by atoms with Gasteiger partial charge in [0.15, 0.2) is 0 Å². The van der Waals surface area contributed by atoms with Crippen LogP contribution in [0.3, 0.4) is 0 Å². The van der Waals surface area contributed by atoms with Crippen LogP contribution in [0.15, 0.2) is 54.7 Å². The fourth-order valence-corrected chi connectivity index (χ4v) is 3.47. The summed E-state index contributed by atoms with van der Waals surface area (Å²) in [6.07, 6.45) is 4.36. The lowest BCUT2D eigenvalue weighted by molar-refractivity contribution is 0.0952. The van der Waals surface area contributed by atoms with E-state index in [1.165, 1.54) is 24.1 Å². The number of anilines is 1. The van der Waals surface area contributed by atoms with Gasteiger partial charge in [-0.05, 0) is 36.6 Å². The smallest absolute Gasteiger partial charge is 0.253 e. The second kappa shape index (κ2) is 6.40. The minimum atomic E-state index is -0.0423. The first kappa shape index (κ1) is 14.8. The van der Waals surface area contributed by atoms with Gasteiger partial charge in [-0.2, -0.15) is 0 Å². The zero-order valence-electron chi connectivity index (χ0n) is 13.6.